The van der Waals surface area contributed by atoms with Crippen LogP contribution in [0.4, 0.5) is 0 Å². The Balaban J connectivity index is 1.91. The molecule has 128 valence electrons. The lowest BCUT2D eigenvalue weighted by atomic mass is 10.1. The van der Waals surface area contributed by atoms with Gasteiger partial charge in [0.1, 0.15) is 0 Å². The first-order valence-electron chi connectivity index (χ1n) is 9.18. The van der Waals surface area contributed by atoms with Gasteiger partial charge in [0, 0.05) is 36.8 Å². The average Bonchev–Trinajstić information content (AvgIpc) is 2.76. The van der Waals surface area contributed by atoms with E-state index in [1.165, 1.54) is 33.3 Å². The maximum absolute atomic E-state index is 2.45. The SMILES string of the molecule is C/C(=C\n1c2c(c3cc(C)ccc31)CCN(C)CC2)c1ccccc1. The molecule has 0 unspecified atom stereocenters. The van der Waals surface area contributed by atoms with Crippen molar-refractivity contribution in [3.05, 3.63) is 70.9 Å². The molecule has 0 atom stereocenters. The largest absolute Gasteiger partial charge is 0.320 e. The molecule has 1 aliphatic rings. The van der Waals surface area contributed by atoms with E-state index in [1.807, 2.05) is 0 Å². The van der Waals surface area contributed by atoms with Crippen LogP contribution in [0, 0.1) is 6.92 Å². The van der Waals surface area contributed by atoms with E-state index in [4.69, 9.17) is 0 Å². The van der Waals surface area contributed by atoms with Gasteiger partial charge < -0.3 is 9.47 Å². The quantitative estimate of drug-likeness (QED) is 0.642. The highest BCUT2D eigenvalue weighted by Crippen LogP contribution is 2.31. The van der Waals surface area contributed by atoms with E-state index in [1.54, 1.807) is 5.56 Å². The number of hydrogen-bond acceptors (Lipinski definition) is 1. The summed E-state index contributed by atoms with van der Waals surface area (Å²) in [5.74, 6) is 0. The van der Waals surface area contributed by atoms with Crippen LogP contribution in [-0.4, -0.2) is 29.6 Å². The number of hydrogen-bond donors (Lipinski definition) is 0. The van der Waals surface area contributed by atoms with Gasteiger partial charge in [0.05, 0.1) is 5.52 Å². The van der Waals surface area contributed by atoms with Gasteiger partial charge in [0.25, 0.3) is 0 Å². The smallest absolute Gasteiger partial charge is 0.0528 e. The number of benzene rings is 2. The van der Waals surface area contributed by atoms with E-state index in [2.05, 4.69) is 85.1 Å². The first-order valence-corrected chi connectivity index (χ1v) is 9.18. The molecular weight excluding hydrogens is 304 g/mol. The molecule has 0 amide bonds. The van der Waals surface area contributed by atoms with E-state index in [-0.39, 0.29) is 0 Å². The lowest BCUT2D eigenvalue weighted by molar-refractivity contribution is 0.351. The Kier molecular flexibility index (Phi) is 4.22. The summed E-state index contributed by atoms with van der Waals surface area (Å²) in [7, 11) is 2.23. The van der Waals surface area contributed by atoms with Crippen molar-refractivity contribution in [3.8, 4) is 0 Å². The molecule has 0 saturated heterocycles. The molecule has 1 aromatic heterocycles. The number of fused-ring (bicyclic) bond motifs is 3. The Bertz CT molecular complexity index is 932. The van der Waals surface area contributed by atoms with Crippen LogP contribution in [0.1, 0.15) is 29.3 Å². The number of rotatable bonds is 2. The molecule has 0 N–H and O–H groups in total. The second-order valence-electron chi connectivity index (χ2n) is 7.30. The van der Waals surface area contributed by atoms with Crippen LogP contribution in [0.15, 0.2) is 48.5 Å². The fourth-order valence-electron chi connectivity index (χ4n) is 3.93. The first kappa shape index (κ1) is 16.2. The van der Waals surface area contributed by atoms with Crippen LogP contribution in [0.25, 0.3) is 22.7 Å². The van der Waals surface area contributed by atoms with Gasteiger partial charge in [-0.15, -0.1) is 0 Å². The fraction of sp³-hybridized carbons (Fsp3) is 0.304. The minimum Gasteiger partial charge on any atom is -0.320 e. The van der Waals surface area contributed by atoms with Gasteiger partial charge in [-0.2, -0.15) is 0 Å². The maximum atomic E-state index is 2.45. The summed E-state index contributed by atoms with van der Waals surface area (Å²) in [6.45, 7) is 6.67. The third-order valence-corrected chi connectivity index (χ3v) is 5.40. The predicted molar refractivity (Wildman–Crippen MR) is 108 cm³/mol. The summed E-state index contributed by atoms with van der Waals surface area (Å²) in [6.07, 6.45) is 4.58. The van der Waals surface area contributed by atoms with E-state index in [0.717, 1.165) is 25.9 Å². The van der Waals surface area contributed by atoms with Gasteiger partial charge in [0.2, 0.25) is 0 Å². The van der Waals surface area contributed by atoms with Gasteiger partial charge >= 0.3 is 0 Å². The van der Waals surface area contributed by atoms with E-state index in [0.29, 0.717) is 0 Å². The van der Waals surface area contributed by atoms with Crippen molar-refractivity contribution in [1.29, 1.82) is 0 Å². The average molecular weight is 330 g/mol. The van der Waals surface area contributed by atoms with Crippen LogP contribution in [0.2, 0.25) is 0 Å². The lowest BCUT2D eigenvalue weighted by Gasteiger charge is -2.13. The first-order chi connectivity index (χ1) is 12.1. The van der Waals surface area contributed by atoms with E-state index in [9.17, 15) is 0 Å². The van der Waals surface area contributed by atoms with Crippen molar-refractivity contribution in [1.82, 2.24) is 9.47 Å². The predicted octanol–water partition coefficient (Wildman–Crippen LogP) is 5.00. The van der Waals surface area contributed by atoms with Crippen LogP contribution in [0.3, 0.4) is 0 Å². The van der Waals surface area contributed by atoms with Crippen molar-refractivity contribution in [2.75, 3.05) is 20.1 Å². The summed E-state index contributed by atoms with van der Waals surface area (Å²) in [5, 5.41) is 1.43. The molecule has 0 bridgehead atoms. The summed E-state index contributed by atoms with van der Waals surface area (Å²) in [4.78, 5) is 2.44. The van der Waals surface area contributed by atoms with Gasteiger partial charge in [-0.3, -0.25) is 0 Å². The molecule has 1 aliphatic heterocycles. The van der Waals surface area contributed by atoms with Crippen molar-refractivity contribution in [3.63, 3.8) is 0 Å². The lowest BCUT2D eigenvalue weighted by Crippen LogP contribution is -2.21. The van der Waals surface area contributed by atoms with Gasteiger partial charge in [-0.1, -0.05) is 42.0 Å². The second-order valence-corrected chi connectivity index (χ2v) is 7.30. The molecule has 0 saturated carbocycles. The molecule has 25 heavy (non-hydrogen) atoms. The van der Waals surface area contributed by atoms with Crippen molar-refractivity contribution >= 4 is 22.7 Å². The molecule has 2 aromatic carbocycles. The number of nitrogens with zero attached hydrogens (tertiary/aromatic N) is 2. The Morgan fingerprint density at radius 2 is 1.76 bits per heavy atom. The molecule has 0 radical (unpaired) electrons. The number of aryl methyl sites for hydroxylation is 1. The third kappa shape index (κ3) is 3.03. The Morgan fingerprint density at radius 3 is 2.56 bits per heavy atom. The number of aromatic nitrogens is 1. The van der Waals surface area contributed by atoms with Gasteiger partial charge in [-0.05, 0) is 56.1 Å². The summed E-state index contributed by atoms with van der Waals surface area (Å²) in [5.41, 5.74) is 8.30. The summed E-state index contributed by atoms with van der Waals surface area (Å²) >= 11 is 0. The zero-order chi connectivity index (χ0) is 17.4. The highest BCUT2D eigenvalue weighted by molar-refractivity contribution is 5.90. The molecule has 0 aliphatic carbocycles. The molecule has 2 heterocycles. The van der Waals surface area contributed by atoms with Crippen molar-refractivity contribution in [2.45, 2.75) is 26.7 Å². The minimum absolute atomic E-state index is 1.11. The summed E-state index contributed by atoms with van der Waals surface area (Å²) in [6, 6.07) is 17.6. The van der Waals surface area contributed by atoms with Crippen LogP contribution in [-0.2, 0) is 12.8 Å². The van der Waals surface area contributed by atoms with Crippen molar-refractivity contribution < 1.29 is 0 Å². The fourth-order valence-corrected chi connectivity index (χ4v) is 3.93. The number of likely N-dealkylation sites (N-methyl/N-ethyl adjacent to an activating group) is 1. The minimum atomic E-state index is 1.11. The van der Waals surface area contributed by atoms with Crippen LogP contribution in [0.5, 0.6) is 0 Å². The molecule has 4 rings (SSSR count). The standard InChI is InChI=1S/C23H26N2/c1-17-9-10-22-21(15-17)20-11-13-24(3)14-12-23(20)25(22)16-18(2)19-7-5-4-6-8-19/h4-10,15-16H,11-14H2,1-3H3/b18-16+. The van der Waals surface area contributed by atoms with Gasteiger partial charge in [0.15, 0.2) is 0 Å². The second kappa shape index (κ2) is 6.53. The zero-order valence-electron chi connectivity index (χ0n) is 15.4. The maximum Gasteiger partial charge on any atom is 0.0528 e. The normalized spacial score (nSPS) is 16.0. The molecule has 2 heteroatoms. The Hall–Kier alpha value is -2.32. The van der Waals surface area contributed by atoms with Crippen LogP contribution < -0.4 is 0 Å². The highest BCUT2D eigenvalue weighted by Gasteiger charge is 2.20. The topological polar surface area (TPSA) is 8.17 Å². The van der Waals surface area contributed by atoms with Crippen LogP contribution >= 0.6 is 0 Å². The van der Waals surface area contributed by atoms with E-state index >= 15 is 0 Å². The molecule has 0 fully saturated rings. The zero-order valence-corrected chi connectivity index (χ0v) is 15.4. The number of allylic oxidation sites excluding steroid dienone is 1. The Morgan fingerprint density at radius 1 is 1.00 bits per heavy atom. The van der Waals surface area contributed by atoms with Crippen molar-refractivity contribution in [2.24, 2.45) is 0 Å². The molecule has 2 nitrogen and oxygen atoms in total. The molecule has 0 spiro atoms. The highest BCUT2D eigenvalue weighted by atomic mass is 15.1. The monoisotopic (exact) mass is 330 g/mol. The molecular formula is C23H26N2. The van der Waals surface area contributed by atoms with Gasteiger partial charge in [-0.25, -0.2) is 0 Å². The third-order valence-electron chi connectivity index (χ3n) is 5.40. The van der Waals surface area contributed by atoms with E-state index < -0.39 is 0 Å². The Labute approximate surface area is 150 Å². The summed E-state index contributed by atoms with van der Waals surface area (Å²) < 4.78 is 2.45. The molecule has 3 aromatic rings.